The first-order valence-electron chi connectivity index (χ1n) is 19.2. The number of alkyl carbamates (subject to hydrolysis) is 1. The van der Waals surface area contributed by atoms with Crippen LogP contribution in [-0.4, -0.2) is 101 Å². The largest absolute Gasteiger partial charge is 0.456 e. The van der Waals surface area contributed by atoms with Crippen molar-refractivity contribution in [3.63, 3.8) is 0 Å². The molecule has 0 unspecified atom stereocenters. The number of fused-ring (bicyclic) bond motifs is 3. The SMILES string of the molecule is CO[C@H]1O[C@H](Cn2cc(CNC(=O)[C@H](CC(=O)Oc3c(F)c(F)c(F)c(F)c3F)NC(=O)OCC3c4ccccc4-c4ccccc43)nn2)[C@@H](OC(C)=O)[C@H](OC(C)=O)[C@@H]1OC(C)=O. The minimum absolute atomic E-state index is 0.0367. The van der Waals surface area contributed by atoms with E-state index >= 15 is 0 Å². The van der Waals surface area contributed by atoms with Gasteiger partial charge in [0.25, 0.3) is 0 Å². The molecule has 6 atom stereocenters. The molecule has 23 heteroatoms. The number of esters is 4. The summed E-state index contributed by atoms with van der Waals surface area (Å²) in [7, 11) is 1.22. The van der Waals surface area contributed by atoms with E-state index in [1.54, 1.807) is 12.1 Å². The molecule has 2 aliphatic rings. The smallest absolute Gasteiger partial charge is 0.407 e. The molecule has 1 aliphatic heterocycles. The molecule has 64 heavy (non-hydrogen) atoms. The fourth-order valence-electron chi connectivity index (χ4n) is 7.17. The number of rotatable bonds is 15. The summed E-state index contributed by atoms with van der Waals surface area (Å²) < 4.78 is 109. The second kappa shape index (κ2) is 20.0. The Balaban J connectivity index is 1.17. The maximum Gasteiger partial charge on any atom is 0.407 e. The molecule has 0 spiro atoms. The Morgan fingerprint density at radius 2 is 1.31 bits per heavy atom. The lowest BCUT2D eigenvalue weighted by Gasteiger charge is -2.43. The third kappa shape index (κ3) is 10.4. The molecule has 2 heterocycles. The number of hydrogen-bond acceptors (Lipinski definition) is 15. The lowest BCUT2D eigenvalue weighted by molar-refractivity contribution is -0.300. The number of halogens is 5. The van der Waals surface area contributed by atoms with Crippen LogP contribution in [0.1, 0.15) is 49.9 Å². The molecule has 18 nitrogen and oxygen atoms in total. The Kier molecular flexibility index (Phi) is 14.5. The Hall–Kier alpha value is -7.01. The van der Waals surface area contributed by atoms with Gasteiger partial charge in [0.15, 0.2) is 24.6 Å². The van der Waals surface area contributed by atoms with Gasteiger partial charge in [-0.3, -0.25) is 24.0 Å². The lowest BCUT2D eigenvalue weighted by Crippen LogP contribution is -2.62. The Morgan fingerprint density at radius 1 is 0.766 bits per heavy atom. The van der Waals surface area contributed by atoms with Crippen molar-refractivity contribution in [1.82, 2.24) is 25.6 Å². The third-order valence-corrected chi connectivity index (χ3v) is 9.83. The number of carbonyl (C=O) groups is 6. The summed E-state index contributed by atoms with van der Waals surface area (Å²) in [5, 5.41) is 12.5. The molecule has 0 radical (unpaired) electrons. The molecular weight excluding hydrogens is 865 g/mol. The number of carbonyl (C=O) groups excluding carboxylic acids is 6. The van der Waals surface area contributed by atoms with Crippen LogP contribution in [0.15, 0.2) is 54.7 Å². The van der Waals surface area contributed by atoms with Crippen LogP contribution in [0.2, 0.25) is 0 Å². The Labute approximate surface area is 359 Å². The number of amides is 2. The monoisotopic (exact) mass is 903 g/mol. The van der Waals surface area contributed by atoms with E-state index < -0.39 is 126 Å². The standard InChI is InChI=1S/C41H38F5N5O13/c1-18(52)60-35-28(63-40(58-4)38(62-20(3)54)37(35)61-19(2)53)16-51-15-21(49-50-51)14-47-39(56)27(13-29(55)64-36-33(45)31(43)30(42)32(44)34(36)46)48-41(57)59-17-26-24-11-7-5-9-22(24)23-10-6-8-12-25(23)26/h5-12,15,26-28,35,37-38,40H,13-14,16-17H2,1-4H3,(H,47,56)(H,48,57)/t27-,28+,35+,37-,38-,40-/m0/s1. The first-order chi connectivity index (χ1) is 30.5. The number of nitrogens with one attached hydrogen (secondary N) is 2. The zero-order chi connectivity index (χ0) is 46.4. The summed E-state index contributed by atoms with van der Waals surface area (Å²) in [5.41, 5.74) is 3.54. The van der Waals surface area contributed by atoms with Crippen LogP contribution >= 0.6 is 0 Å². The molecule has 1 saturated heterocycles. The zero-order valence-electron chi connectivity index (χ0n) is 34.1. The summed E-state index contributed by atoms with van der Waals surface area (Å²) in [6.07, 6.45) is -7.80. The lowest BCUT2D eigenvalue weighted by atomic mass is 9.97. The van der Waals surface area contributed by atoms with Gasteiger partial charge in [0.05, 0.1) is 25.7 Å². The highest BCUT2D eigenvalue weighted by molar-refractivity contribution is 5.90. The van der Waals surface area contributed by atoms with Crippen molar-refractivity contribution in [1.29, 1.82) is 0 Å². The third-order valence-electron chi connectivity index (χ3n) is 9.83. The molecule has 2 amide bonds. The van der Waals surface area contributed by atoms with Crippen LogP contribution in [0.3, 0.4) is 0 Å². The molecule has 1 fully saturated rings. The fraction of sp³-hybridized carbons (Fsp3) is 0.366. The summed E-state index contributed by atoms with van der Waals surface area (Å²) in [5.74, 6) is -19.8. The van der Waals surface area contributed by atoms with Gasteiger partial charge < -0.3 is 43.8 Å². The van der Waals surface area contributed by atoms with E-state index in [1.807, 2.05) is 36.4 Å². The molecular formula is C41H38F5N5O13. The van der Waals surface area contributed by atoms with Gasteiger partial charge in [-0.1, -0.05) is 53.7 Å². The normalized spacial score (nSPS) is 19.4. The topological polar surface area (TPSA) is 222 Å². The number of ether oxygens (including phenoxy) is 7. The summed E-state index contributed by atoms with van der Waals surface area (Å²) in [4.78, 5) is 75.8. The Morgan fingerprint density at radius 3 is 1.89 bits per heavy atom. The van der Waals surface area contributed by atoms with Gasteiger partial charge in [-0.2, -0.15) is 8.78 Å². The highest BCUT2D eigenvalue weighted by Gasteiger charge is 2.52. The second-order valence-corrected chi connectivity index (χ2v) is 14.3. The van der Waals surface area contributed by atoms with Crippen LogP contribution in [0.5, 0.6) is 5.75 Å². The molecule has 3 aromatic carbocycles. The minimum Gasteiger partial charge on any atom is -0.456 e. The van der Waals surface area contributed by atoms with Crippen LogP contribution < -0.4 is 15.4 Å². The molecule has 1 aromatic heterocycles. The van der Waals surface area contributed by atoms with E-state index in [2.05, 4.69) is 25.7 Å². The van der Waals surface area contributed by atoms with Gasteiger partial charge in [-0.25, -0.2) is 22.6 Å². The van der Waals surface area contributed by atoms with Crippen LogP contribution in [-0.2, 0) is 65.5 Å². The zero-order valence-corrected chi connectivity index (χ0v) is 34.1. The van der Waals surface area contributed by atoms with Crippen molar-refractivity contribution in [3.8, 4) is 16.9 Å². The maximum atomic E-state index is 14.4. The minimum atomic E-state index is -2.50. The second-order valence-electron chi connectivity index (χ2n) is 14.3. The predicted molar refractivity (Wildman–Crippen MR) is 203 cm³/mol. The highest BCUT2D eigenvalue weighted by atomic mass is 19.2. The van der Waals surface area contributed by atoms with Gasteiger partial charge in [-0.05, 0) is 22.3 Å². The van der Waals surface area contributed by atoms with E-state index in [0.29, 0.717) is 0 Å². The number of benzene rings is 3. The summed E-state index contributed by atoms with van der Waals surface area (Å²) in [6.45, 7) is 2.28. The van der Waals surface area contributed by atoms with Crippen LogP contribution in [0.4, 0.5) is 26.7 Å². The van der Waals surface area contributed by atoms with Crippen molar-refractivity contribution in [2.75, 3.05) is 13.7 Å². The van der Waals surface area contributed by atoms with Gasteiger partial charge >= 0.3 is 30.0 Å². The van der Waals surface area contributed by atoms with E-state index in [1.165, 1.54) is 18.0 Å². The molecule has 0 bridgehead atoms. The van der Waals surface area contributed by atoms with Crippen molar-refractivity contribution in [3.05, 3.63) is 101 Å². The van der Waals surface area contributed by atoms with Gasteiger partial charge in [0.2, 0.25) is 40.7 Å². The first-order valence-corrected chi connectivity index (χ1v) is 19.2. The number of hydrogen-bond donors (Lipinski definition) is 2. The van der Waals surface area contributed by atoms with Crippen molar-refractivity contribution in [2.45, 2.75) is 82.9 Å². The number of methoxy groups -OCH3 is 1. The Bertz CT molecular complexity index is 2380. The molecule has 1 aliphatic carbocycles. The van der Waals surface area contributed by atoms with E-state index in [9.17, 15) is 50.7 Å². The van der Waals surface area contributed by atoms with Crippen LogP contribution in [0, 0.1) is 29.1 Å². The average Bonchev–Trinajstić information content (AvgIpc) is 3.84. The van der Waals surface area contributed by atoms with Gasteiger partial charge in [0.1, 0.15) is 24.4 Å². The summed E-state index contributed by atoms with van der Waals surface area (Å²) >= 11 is 0. The average molecular weight is 904 g/mol. The summed E-state index contributed by atoms with van der Waals surface area (Å²) in [6, 6.07) is 12.8. The highest BCUT2D eigenvalue weighted by Crippen LogP contribution is 2.44. The first kappa shape index (κ1) is 46.5. The number of nitrogens with zero attached hydrogens (tertiary/aromatic N) is 3. The maximum absolute atomic E-state index is 14.4. The molecule has 2 N–H and O–H groups in total. The van der Waals surface area contributed by atoms with Crippen molar-refractivity contribution in [2.24, 2.45) is 0 Å². The predicted octanol–water partition coefficient (Wildman–Crippen LogP) is 3.66. The van der Waals surface area contributed by atoms with E-state index in [4.69, 9.17) is 28.4 Å². The van der Waals surface area contributed by atoms with Crippen molar-refractivity contribution >= 4 is 35.9 Å². The molecule has 340 valence electrons. The molecule has 6 rings (SSSR count). The van der Waals surface area contributed by atoms with E-state index in [0.717, 1.165) is 43.0 Å². The molecule has 0 saturated carbocycles. The van der Waals surface area contributed by atoms with Crippen molar-refractivity contribution < 1.29 is 83.9 Å². The van der Waals surface area contributed by atoms with E-state index in [-0.39, 0.29) is 18.8 Å². The fourth-order valence-corrected chi connectivity index (χ4v) is 7.17. The van der Waals surface area contributed by atoms with Gasteiger partial charge in [0, 0.05) is 33.8 Å². The van der Waals surface area contributed by atoms with Gasteiger partial charge in [-0.15, -0.1) is 5.10 Å². The quantitative estimate of drug-likeness (QED) is 0.0434. The number of aromatic nitrogens is 3. The van der Waals surface area contributed by atoms with Crippen LogP contribution in [0.25, 0.3) is 11.1 Å². The molecule has 4 aromatic rings.